The number of hydrogen-bond donors (Lipinski definition) is 3. The second-order valence-corrected chi connectivity index (χ2v) is 4.64. The predicted molar refractivity (Wildman–Crippen MR) is 81.8 cm³/mol. The van der Waals surface area contributed by atoms with Crippen molar-refractivity contribution in [1.29, 1.82) is 0 Å². The minimum atomic E-state index is -0.528. The molecule has 0 saturated heterocycles. The van der Waals surface area contributed by atoms with Crippen LogP contribution in [-0.2, 0) is 16.0 Å². The SMILES string of the molecule is COCCCCCNc1c(N)n(CCOC)c(=O)[nH]c1=O. The molecule has 21 heavy (non-hydrogen) atoms. The molecule has 0 amide bonds. The third kappa shape index (κ3) is 5.24. The van der Waals surface area contributed by atoms with Gasteiger partial charge in [-0.1, -0.05) is 0 Å². The van der Waals surface area contributed by atoms with Crippen LogP contribution < -0.4 is 22.3 Å². The summed E-state index contributed by atoms with van der Waals surface area (Å²) in [7, 11) is 3.20. The molecule has 8 heteroatoms. The number of aromatic amines is 1. The van der Waals surface area contributed by atoms with Gasteiger partial charge in [-0.25, -0.2) is 4.79 Å². The summed E-state index contributed by atoms with van der Waals surface area (Å²) in [5, 5.41) is 2.99. The second kappa shape index (κ2) is 9.19. The Balaban J connectivity index is 2.68. The van der Waals surface area contributed by atoms with Crippen LogP contribution in [0.3, 0.4) is 0 Å². The van der Waals surface area contributed by atoms with Crippen molar-refractivity contribution in [3.05, 3.63) is 20.8 Å². The molecule has 0 aliphatic heterocycles. The van der Waals surface area contributed by atoms with Gasteiger partial charge in [0.1, 0.15) is 11.5 Å². The molecule has 0 unspecified atom stereocenters. The van der Waals surface area contributed by atoms with E-state index in [1.165, 1.54) is 11.7 Å². The molecule has 0 atom stereocenters. The fourth-order valence-electron chi connectivity index (χ4n) is 1.92. The van der Waals surface area contributed by atoms with Gasteiger partial charge in [-0.2, -0.15) is 0 Å². The van der Waals surface area contributed by atoms with Crippen LogP contribution in [0.2, 0.25) is 0 Å². The van der Waals surface area contributed by atoms with Gasteiger partial charge in [-0.3, -0.25) is 14.3 Å². The van der Waals surface area contributed by atoms with E-state index in [2.05, 4.69) is 10.3 Å². The summed E-state index contributed by atoms with van der Waals surface area (Å²) >= 11 is 0. The first-order valence-corrected chi connectivity index (χ1v) is 6.96. The minimum absolute atomic E-state index is 0.137. The molecule has 0 fully saturated rings. The molecule has 8 nitrogen and oxygen atoms in total. The summed E-state index contributed by atoms with van der Waals surface area (Å²) in [6.45, 7) is 1.97. The molecule has 1 aromatic heterocycles. The quantitative estimate of drug-likeness (QED) is 0.524. The van der Waals surface area contributed by atoms with E-state index >= 15 is 0 Å². The lowest BCUT2D eigenvalue weighted by Crippen LogP contribution is -2.35. The van der Waals surface area contributed by atoms with Crippen molar-refractivity contribution >= 4 is 11.5 Å². The molecular formula is C13H24N4O4. The number of H-pyrrole nitrogens is 1. The molecule has 0 bridgehead atoms. The fourth-order valence-corrected chi connectivity index (χ4v) is 1.92. The number of nitrogens with zero attached hydrogens (tertiary/aromatic N) is 1. The van der Waals surface area contributed by atoms with Crippen LogP contribution in [0.15, 0.2) is 9.59 Å². The topological polar surface area (TPSA) is 111 Å². The molecule has 0 spiro atoms. The Bertz CT molecular complexity index is 538. The Morgan fingerprint density at radius 2 is 1.86 bits per heavy atom. The zero-order valence-electron chi connectivity index (χ0n) is 12.6. The van der Waals surface area contributed by atoms with E-state index in [1.807, 2.05) is 0 Å². The number of nitrogen functional groups attached to an aromatic ring is 1. The first-order chi connectivity index (χ1) is 10.1. The molecule has 4 N–H and O–H groups in total. The number of anilines is 2. The number of methoxy groups -OCH3 is 2. The Labute approximate surface area is 123 Å². The Morgan fingerprint density at radius 3 is 2.52 bits per heavy atom. The van der Waals surface area contributed by atoms with Gasteiger partial charge in [0.2, 0.25) is 0 Å². The van der Waals surface area contributed by atoms with Gasteiger partial charge < -0.3 is 20.5 Å². The van der Waals surface area contributed by atoms with Gasteiger partial charge in [-0.05, 0) is 19.3 Å². The highest BCUT2D eigenvalue weighted by Crippen LogP contribution is 2.10. The van der Waals surface area contributed by atoms with E-state index in [0.717, 1.165) is 25.9 Å². The standard InChI is InChI=1S/C13H24N4O4/c1-20-8-5-3-4-6-15-10-11(14)17(7-9-21-2)13(19)16-12(10)18/h15H,3-9,14H2,1-2H3,(H,16,18,19). The molecule has 0 aliphatic carbocycles. The maximum atomic E-state index is 11.8. The highest BCUT2D eigenvalue weighted by atomic mass is 16.5. The number of nitrogens with two attached hydrogens (primary N) is 1. The highest BCUT2D eigenvalue weighted by molar-refractivity contribution is 5.60. The molecule has 0 saturated carbocycles. The summed E-state index contributed by atoms with van der Waals surface area (Å²) < 4.78 is 11.2. The van der Waals surface area contributed by atoms with E-state index in [9.17, 15) is 9.59 Å². The molecule has 0 aromatic carbocycles. The smallest absolute Gasteiger partial charge is 0.330 e. The van der Waals surface area contributed by atoms with Crippen LogP contribution in [-0.4, -0.2) is 43.5 Å². The molecule has 1 heterocycles. The van der Waals surface area contributed by atoms with Crippen molar-refractivity contribution in [3.8, 4) is 0 Å². The fraction of sp³-hybridized carbons (Fsp3) is 0.692. The Morgan fingerprint density at radius 1 is 1.14 bits per heavy atom. The van der Waals surface area contributed by atoms with Gasteiger partial charge in [0, 0.05) is 27.4 Å². The van der Waals surface area contributed by atoms with Crippen molar-refractivity contribution in [2.75, 3.05) is 45.0 Å². The maximum absolute atomic E-state index is 11.8. The number of nitrogens with one attached hydrogen (secondary N) is 2. The monoisotopic (exact) mass is 300 g/mol. The Kier molecular flexibility index (Phi) is 7.55. The number of unbranched alkanes of at least 4 members (excludes halogenated alkanes) is 2. The van der Waals surface area contributed by atoms with E-state index < -0.39 is 11.2 Å². The molecule has 1 aromatic rings. The van der Waals surface area contributed by atoms with Crippen LogP contribution in [0, 0.1) is 0 Å². The van der Waals surface area contributed by atoms with Crippen LogP contribution in [0.5, 0.6) is 0 Å². The van der Waals surface area contributed by atoms with Crippen molar-refractivity contribution in [3.63, 3.8) is 0 Å². The van der Waals surface area contributed by atoms with E-state index in [4.69, 9.17) is 15.2 Å². The molecule has 0 aliphatic rings. The zero-order valence-corrected chi connectivity index (χ0v) is 12.6. The van der Waals surface area contributed by atoms with Crippen molar-refractivity contribution in [2.45, 2.75) is 25.8 Å². The van der Waals surface area contributed by atoms with E-state index in [0.29, 0.717) is 19.7 Å². The lowest BCUT2D eigenvalue weighted by atomic mass is 10.2. The third-order valence-corrected chi connectivity index (χ3v) is 3.09. The van der Waals surface area contributed by atoms with Gasteiger partial charge in [-0.15, -0.1) is 0 Å². The third-order valence-electron chi connectivity index (χ3n) is 3.09. The molecule has 1 rings (SSSR count). The highest BCUT2D eigenvalue weighted by Gasteiger charge is 2.11. The number of aromatic nitrogens is 2. The maximum Gasteiger partial charge on any atom is 0.330 e. The van der Waals surface area contributed by atoms with Gasteiger partial charge in [0.15, 0.2) is 0 Å². The first kappa shape index (κ1) is 17.3. The zero-order chi connectivity index (χ0) is 15.7. The lowest BCUT2D eigenvalue weighted by molar-refractivity contribution is 0.186. The average Bonchev–Trinajstić information content (AvgIpc) is 2.45. The summed E-state index contributed by atoms with van der Waals surface area (Å²) in [6.07, 6.45) is 2.85. The number of ether oxygens (including phenoxy) is 2. The van der Waals surface area contributed by atoms with E-state index in [-0.39, 0.29) is 11.5 Å². The van der Waals surface area contributed by atoms with Crippen molar-refractivity contribution < 1.29 is 9.47 Å². The van der Waals surface area contributed by atoms with Gasteiger partial charge in [0.25, 0.3) is 5.56 Å². The molecule has 120 valence electrons. The first-order valence-electron chi connectivity index (χ1n) is 6.96. The van der Waals surface area contributed by atoms with Crippen LogP contribution >= 0.6 is 0 Å². The summed E-state index contributed by atoms with van der Waals surface area (Å²) in [6, 6.07) is 0. The van der Waals surface area contributed by atoms with Crippen LogP contribution in [0.25, 0.3) is 0 Å². The summed E-state index contributed by atoms with van der Waals surface area (Å²) in [4.78, 5) is 25.7. The summed E-state index contributed by atoms with van der Waals surface area (Å²) in [5.74, 6) is 0.137. The van der Waals surface area contributed by atoms with Crippen LogP contribution in [0.4, 0.5) is 11.5 Å². The lowest BCUT2D eigenvalue weighted by Gasteiger charge is -2.13. The largest absolute Gasteiger partial charge is 0.385 e. The second-order valence-electron chi connectivity index (χ2n) is 4.64. The van der Waals surface area contributed by atoms with Gasteiger partial charge in [0.05, 0.1) is 13.2 Å². The molecular weight excluding hydrogens is 276 g/mol. The van der Waals surface area contributed by atoms with Crippen molar-refractivity contribution in [1.82, 2.24) is 9.55 Å². The minimum Gasteiger partial charge on any atom is -0.385 e. The van der Waals surface area contributed by atoms with Crippen molar-refractivity contribution in [2.24, 2.45) is 0 Å². The number of hydrogen-bond acceptors (Lipinski definition) is 6. The normalized spacial score (nSPS) is 10.8. The van der Waals surface area contributed by atoms with Gasteiger partial charge >= 0.3 is 5.69 Å². The number of rotatable bonds is 10. The predicted octanol–water partition coefficient (Wildman–Crippen LogP) is -0.00620. The average molecular weight is 300 g/mol. The van der Waals surface area contributed by atoms with E-state index in [1.54, 1.807) is 7.11 Å². The summed E-state index contributed by atoms with van der Waals surface area (Å²) in [5.41, 5.74) is 5.10. The molecule has 0 radical (unpaired) electrons. The Hall–Kier alpha value is -1.80. The van der Waals surface area contributed by atoms with Crippen LogP contribution in [0.1, 0.15) is 19.3 Å².